The van der Waals surface area contributed by atoms with Gasteiger partial charge in [0.05, 0.1) is 19.8 Å². The first-order valence-electron chi connectivity index (χ1n) is 7.63. The molecule has 8 heteroatoms. The molecule has 1 saturated heterocycles. The lowest BCUT2D eigenvalue weighted by molar-refractivity contribution is 0.0302. The Kier molecular flexibility index (Phi) is 5.97. The summed E-state index contributed by atoms with van der Waals surface area (Å²) in [7, 11) is -3.72. The number of rotatable bonds is 6. The molecule has 7 nitrogen and oxygen atoms in total. The fraction of sp³-hybridized carbons (Fsp3) is 0.533. The Morgan fingerprint density at radius 2 is 2.00 bits per heavy atom. The van der Waals surface area contributed by atoms with Crippen molar-refractivity contribution in [3.8, 4) is 5.75 Å². The van der Waals surface area contributed by atoms with E-state index in [1.54, 1.807) is 24.8 Å². The van der Waals surface area contributed by atoms with Crippen molar-refractivity contribution >= 4 is 15.9 Å². The van der Waals surface area contributed by atoms with Gasteiger partial charge in [-0.2, -0.15) is 0 Å². The Morgan fingerprint density at radius 3 is 2.61 bits per heavy atom. The lowest BCUT2D eigenvalue weighted by Gasteiger charge is -2.27. The van der Waals surface area contributed by atoms with E-state index in [1.807, 2.05) is 0 Å². The highest BCUT2D eigenvalue weighted by Crippen LogP contribution is 2.26. The SMILES string of the molecule is CCNS(=O)(=O)c1cc(C(=O)N2CCOCC2)ccc1OCC. The number of hydrogen-bond donors (Lipinski definition) is 1. The third kappa shape index (κ3) is 4.21. The fourth-order valence-corrected chi connectivity index (χ4v) is 3.55. The number of nitrogens with zero attached hydrogens (tertiary/aromatic N) is 1. The second-order valence-corrected chi connectivity index (χ2v) is 6.74. The Labute approximate surface area is 136 Å². The smallest absolute Gasteiger partial charge is 0.254 e. The molecule has 1 amide bonds. The fourth-order valence-electron chi connectivity index (χ4n) is 2.34. The molecule has 23 heavy (non-hydrogen) atoms. The zero-order valence-corrected chi connectivity index (χ0v) is 14.2. The summed E-state index contributed by atoms with van der Waals surface area (Å²) in [4.78, 5) is 14.2. The van der Waals surface area contributed by atoms with Crippen LogP contribution < -0.4 is 9.46 Å². The number of morpholine rings is 1. The van der Waals surface area contributed by atoms with Crippen molar-refractivity contribution in [2.24, 2.45) is 0 Å². The van der Waals surface area contributed by atoms with Gasteiger partial charge in [0.15, 0.2) is 0 Å². The standard InChI is InChI=1S/C15H22N2O5S/c1-3-16-23(19,20)14-11-12(5-6-13(14)22-4-2)15(18)17-7-9-21-10-8-17/h5-6,11,16H,3-4,7-10H2,1-2H3. The minimum absolute atomic E-state index is 0.0136. The van der Waals surface area contributed by atoms with Gasteiger partial charge in [-0.15, -0.1) is 0 Å². The van der Waals surface area contributed by atoms with Crippen molar-refractivity contribution in [2.75, 3.05) is 39.5 Å². The van der Waals surface area contributed by atoms with Crippen LogP contribution in [0.2, 0.25) is 0 Å². The Hall–Kier alpha value is -1.64. The number of hydrogen-bond acceptors (Lipinski definition) is 5. The second kappa shape index (κ2) is 7.76. The number of carbonyl (C=O) groups excluding carboxylic acids is 1. The van der Waals surface area contributed by atoms with Crippen molar-refractivity contribution in [1.82, 2.24) is 9.62 Å². The minimum Gasteiger partial charge on any atom is -0.492 e. The van der Waals surface area contributed by atoms with Crippen molar-refractivity contribution in [2.45, 2.75) is 18.7 Å². The zero-order valence-electron chi connectivity index (χ0n) is 13.4. The van der Waals surface area contributed by atoms with Crippen LogP contribution in [-0.4, -0.2) is 58.7 Å². The van der Waals surface area contributed by atoms with Crippen LogP contribution in [0.5, 0.6) is 5.75 Å². The molecule has 1 aliphatic heterocycles. The van der Waals surface area contributed by atoms with Gasteiger partial charge >= 0.3 is 0 Å². The predicted molar refractivity (Wildman–Crippen MR) is 85.2 cm³/mol. The third-order valence-electron chi connectivity index (χ3n) is 3.41. The quantitative estimate of drug-likeness (QED) is 0.829. The molecule has 0 radical (unpaired) electrons. The number of nitrogens with one attached hydrogen (secondary N) is 1. The molecule has 0 saturated carbocycles. The first kappa shape index (κ1) is 17.7. The van der Waals surface area contributed by atoms with E-state index < -0.39 is 10.0 Å². The van der Waals surface area contributed by atoms with Gasteiger partial charge in [-0.3, -0.25) is 4.79 Å². The van der Waals surface area contributed by atoms with Crippen LogP contribution in [0, 0.1) is 0 Å². The summed E-state index contributed by atoms with van der Waals surface area (Å²) in [5, 5.41) is 0. The van der Waals surface area contributed by atoms with E-state index in [0.717, 1.165) is 0 Å². The van der Waals surface area contributed by atoms with Crippen LogP contribution in [0.25, 0.3) is 0 Å². The Morgan fingerprint density at radius 1 is 1.30 bits per heavy atom. The van der Waals surface area contributed by atoms with Gasteiger partial charge in [-0.1, -0.05) is 6.92 Å². The lowest BCUT2D eigenvalue weighted by atomic mass is 10.2. The zero-order chi connectivity index (χ0) is 16.9. The van der Waals surface area contributed by atoms with E-state index in [0.29, 0.717) is 38.5 Å². The van der Waals surface area contributed by atoms with Crippen molar-refractivity contribution in [3.63, 3.8) is 0 Å². The van der Waals surface area contributed by atoms with Gasteiger partial charge in [-0.05, 0) is 25.1 Å². The molecule has 0 aromatic heterocycles. The van der Waals surface area contributed by atoms with E-state index in [9.17, 15) is 13.2 Å². The average molecular weight is 342 g/mol. The summed E-state index contributed by atoms with van der Waals surface area (Å²) in [5.74, 6) is 0.0382. The molecule has 2 rings (SSSR count). The maximum atomic E-state index is 12.5. The summed E-state index contributed by atoms with van der Waals surface area (Å²) >= 11 is 0. The first-order valence-corrected chi connectivity index (χ1v) is 9.11. The lowest BCUT2D eigenvalue weighted by Crippen LogP contribution is -2.40. The van der Waals surface area contributed by atoms with Crippen molar-refractivity contribution in [3.05, 3.63) is 23.8 Å². The highest BCUT2D eigenvalue weighted by molar-refractivity contribution is 7.89. The number of benzene rings is 1. The van der Waals surface area contributed by atoms with Gasteiger partial charge < -0.3 is 14.4 Å². The third-order valence-corrected chi connectivity index (χ3v) is 4.98. The van der Waals surface area contributed by atoms with E-state index in [1.165, 1.54) is 12.1 Å². The molecule has 1 aliphatic rings. The van der Waals surface area contributed by atoms with Crippen LogP contribution >= 0.6 is 0 Å². The topological polar surface area (TPSA) is 84.9 Å². The maximum absolute atomic E-state index is 12.5. The van der Waals surface area contributed by atoms with Crippen LogP contribution in [0.4, 0.5) is 0 Å². The summed E-state index contributed by atoms with van der Waals surface area (Å²) in [6, 6.07) is 4.50. The molecule has 1 N–H and O–H groups in total. The highest BCUT2D eigenvalue weighted by atomic mass is 32.2. The van der Waals surface area contributed by atoms with E-state index in [4.69, 9.17) is 9.47 Å². The van der Waals surface area contributed by atoms with Gasteiger partial charge in [0.1, 0.15) is 10.6 Å². The summed E-state index contributed by atoms with van der Waals surface area (Å²) in [6.45, 7) is 6.05. The van der Waals surface area contributed by atoms with Crippen LogP contribution in [0.3, 0.4) is 0 Å². The molecule has 1 fully saturated rings. The van der Waals surface area contributed by atoms with Crippen LogP contribution in [0.15, 0.2) is 23.1 Å². The van der Waals surface area contributed by atoms with E-state index in [2.05, 4.69) is 4.72 Å². The molecule has 1 heterocycles. The van der Waals surface area contributed by atoms with Gasteiger partial charge in [0.25, 0.3) is 5.91 Å². The van der Waals surface area contributed by atoms with Crippen molar-refractivity contribution in [1.29, 1.82) is 0 Å². The second-order valence-electron chi connectivity index (χ2n) is 5.00. The van der Waals surface area contributed by atoms with E-state index >= 15 is 0 Å². The molecule has 0 atom stereocenters. The van der Waals surface area contributed by atoms with Crippen LogP contribution in [-0.2, 0) is 14.8 Å². The summed E-state index contributed by atoms with van der Waals surface area (Å²) in [5.41, 5.74) is 0.326. The van der Waals surface area contributed by atoms with Crippen molar-refractivity contribution < 1.29 is 22.7 Å². The van der Waals surface area contributed by atoms with Gasteiger partial charge in [0.2, 0.25) is 10.0 Å². The molecule has 0 bridgehead atoms. The Balaban J connectivity index is 2.37. The normalized spacial score (nSPS) is 15.5. The molecule has 0 unspecified atom stereocenters. The average Bonchev–Trinajstić information content (AvgIpc) is 2.55. The highest BCUT2D eigenvalue weighted by Gasteiger charge is 2.24. The van der Waals surface area contributed by atoms with E-state index in [-0.39, 0.29) is 23.1 Å². The molecule has 0 aliphatic carbocycles. The summed E-state index contributed by atoms with van der Waals surface area (Å²) in [6.07, 6.45) is 0. The number of carbonyl (C=O) groups is 1. The molecule has 1 aromatic carbocycles. The minimum atomic E-state index is -3.72. The number of amides is 1. The van der Waals surface area contributed by atoms with Crippen LogP contribution in [0.1, 0.15) is 24.2 Å². The Bertz CT molecular complexity index is 654. The first-order chi connectivity index (χ1) is 11.0. The van der Waals surface area contributed by atoms with Gasteiger partial charge in [-0.25, -0.2) is 13.1 Å². The molecular weight excluding hydrogens is 320 g/mol. The number of sulfonamides is 1. The molecule has 1 aromatic rings. The molecule has 128 valence electrons. The summed E-state index contributed by atoms with van der Waals surface area (Å²) < 4.78 is 37.7. The molecular formula is C15H22N2O5S. The maximum Gasteiger partial charge on any atom is 0.254 e. The monoisotopic (exact) mass is 342 g/mol. The predicted octanol–water partition coefficient (Wildman–Crippen LogP) is 0.856. The van der Waals surface area contributed by atoms with Gasteiger partial charge in [0, 0.05) is 25.2 Å². The largest absolute Gasteiger partial charge is 0.492 e. The molecule has 0 spiro atoms. The number of ether oxygens (including phenoxy) is 2.